The molecule has 0 fully saturated rings. The number of sulfonamides is 1. The maximum atomic E-state index is 12.9. The first kappa shape index (κ1) is 22.3. The monoisotopic (exact) mass is 431 g/mol. The zero-order valence-corrected chi connectivity index (χ0v) is 18.7. The number of fused-ring (bicyclic) bond motifs is 1. The Morgan fingerprint density at radius 3 is 2.50 bits per heavy atom. The van der Waals surface area contributed by atoms with Crippen LogP contribution in [0.2, 0.25) is 0 Å². The van der Waals surface area contributed by atoms with Crippen LogP contribution < -0.4 is 9.46 Å². The van der Waals surface area contributed by atoms with Crippen LogP contribution in [0, 0.1) is 6.92 Å². The van der Waals surface area contributed by atoms with Gasteiger partial charge in [0.15, 0.2) is 6.61 Å². The molecule has 0 saturated heterocycles. The smallest absolute Gasteiger partial charge is 0.344 e. The second kappa shape index (κ2) is 8.78. The molecular formula is C23H29NO5S. The van der Waals surface area contributed by atoms with Crippen molar-refractivity contribution in [3.63, 3.8) is 0 Å². The van der Waals surface area contributed by atoms with Gasteiger partial charge in [-0.1, -0.05) is 29.8 Å². The van der Waals surface area contributed by atoms with Gasteiger partial charge in [0.25, 0.3) is 0 Å². The van der Waals surface area contributed by atoms with E-state index in [1.807, 2.05) is 19.1 Å². The Hall–Kier alpha value is -2.38. The van der Waals surface area contributed by atoms with E-state index >= 15 is 0 Å². The molecule has 0 saturated carbocycles. The van der Waals surface area contributed by atoms with Crippen molar-refractivity contribution in [2.24, 2.45) is 0 Å². The number of rotatable bonds is 6. The van der Waals surface area contributed by atoms with Crippen molar-refractivity contribution in [2.45, 2.75) is 63.5 Å². The summed E-state index contributed by atoms with van der Waals surface area (Å²) in [5, 5.41) is 0. The van der Waals surface area contributed by atoms with Crippen molar-refractivity contribution in [2.75, 3.05) is 6.61 Å². The minimum Gasteiger partial charge on any atom is -0.482 e. The van der Waals surface area contributed by atoms with Crippen LogP contribution in [0.1, 0.15) is 56.3 Å². The molecule has 30 heavy (non-hydrogen) atoms. The molecule has 0 radical (unpaired) electrons. The largest absolute Gasteiger partial charge is 0.482 e. The summed E-state index contributed by atoms with van der Waals surface area (Å²) in [5.41, 5.74) is 2.25. The van der Waals surface area contributed by atoms with Gasteiger partial charge in [0, 0.05) is 6.04 Å². The van der Waals surface area contributed by atoms with Crippen molar-refractivity contribution in [1.82, 2.24) is 4.72 Å². The molecular weight excluding hydrogens is 402 g/mol. The van der Waals surface area contributed by atoms with Gasteiger partial charge < -0.3 is 9.47 Å². The lowest BCUT2D eigenvalue weighted by atomic mass is 9.87. The van der Waals surface area contributed by atoms with Crippen LogP contribution in [0.3, 0.4) is 0 Å². The maximum absolute atomic E-state index is 12.9. The zero-order valence-electron chi connectivity index (χ0n) is 17.9. The first-order valence-electron chi connectivity index (χ1n) is 10.1. The molecule has 1 unspecified atom stereocenters. The highest BCUT2D eigenvalue weighted by Crippen LogP contribution is 2.36. The molecule has 0 bridgehead atoms. The lowest BCUT2D eigenvalue weighted by Crippen LogP contribution is -2.31. The predicted molar refractivity (Wildman–Crippen MR) is 115 cm³/mol. The van der Waals surface area contributed by atoms with Crippen molar-refractivity contribution >= 4 is 16.0 Å². The van der Waals surface area contributed by atoms with Gasteiger partial charge in [0.2, 0.25) is 10.0 Å². The van der Waals surface area contributed by atoms with Crippen LogP contribution in [0.5, 0.6) is 5.75 Å². The second-order valence-electron chi connectivity index (χ2n) is 8.58. The third-order valence-corrected chi connectivity index (χ3v) is 6.35. The fraction of sp³-hybridized carbons (Fsp3) is 0.435. The van der Waals surface area contributed by atoms with Crippen molar-refractivity contribution in [1.29, 1.82) is 0 Å². The number of nitrogens with one attached hydrogen (secondary N) is 1. The van der Waals surface area contributed by atoms with Crippen LogP contribution in [-0.2, 0) is 26.0 Å². The Kier molecular flexibility index (Phi) is 6.53. The van der Waals surface area contributed by atoms with E-state index in [1.165, 1.54) is 0 Å². The minimum atomic E-state index is -3.64. The van der Waals surface area contributed by atoms with Gasteiger partial charge in [0.05, 0.1) is 4.90 Å². The summed E-state index contributed by atoms with van der Waals surface area (Å²) in [6, 6.07) is 12.0. The normalized spacial score (nSPS) is 16.6. The Labute approximate surface area is 178 Å². The summed E-state index contributed by atoms with van der Waals surface area (Å²) in [4.78, 5) is 12.2. The van der Waals surface area contributed by atoms with Gasteiger partial charge in [-0.3, -0.25) is 0 Å². The van der Waals surface area contributed by atoms with E-state index < -0.39 is 21.6 Å². The van der Waals surface area contributed by atoms with Crippen molar-refractivity contribution in [3.8, 4) is 5.75 Å². The summed E-state index contributed by atoms with van der Waals surface area (Å²) in [6.07, 6.45) is 2.29. The van der Waals surface area contributed by atoms with Crippen LogP contribution in [0.4, 0.5) is 0 Å². The molecule has 2 aromatic carbocycles. The lowest BCUT2D eigenvalue weighted by molar-refractivity contribution is -0.157. The van der Waals surface area contributed by atoms with E-state index in [-0.39, 0.29) is 17.5 Å². The van der Waals surface area contributed by atoms with E-state index in [0.717, 1.165) is 29.5 Å². The average molecular weight is 432 g/mol. The number of hydrogen-bond donors (Lipinski definition) is 1. The molecule has 0 aromatic heterocycles. The van der Waals surface area contributed by atoms with E-state index in [2.05, 4.69) is 4.72 Å². The minimum absolute atomic E-state index is 0.187. The molecule has 6 nitrogen and oxygen atoms in total. The highest BCUT2D eigenvalue weighted by Gasteiger charge is 2.28. The van der Waals surface area contributed by atoms with Crippen LogP contribution >= 0.6 is 0 Å². The quantitative estimate of drug-likeness (QED) is 0.697. The van der Waals surface area contributed by atoms with Gasteiger partial charge in [0.1, 0.15) is 11.4 Å². The number of benzene rings is 2. The topological polar surface area (TPSA) is 81.7 Å². The van der Waals surface area contributed by atoms with Gasteiger partial charge in [-0.05, 0) is 76.3 Å². The summed E-state index contributed by atoms with van der Waals surface area (Å²) in [5.74, 6) is 0.158. The summed E-state index contributed by atoms with van der Waals surface area (Å²) >= 11 is 0. The van der Waals surface area contributed by atoms with Gasteiger partial charge in [-0.25, -0.2) is 17.9 Å². The first-order valence-corrected chi connectivity index (χ1v) is 11.6. The molecule has 1 atom stereocenters. The van der Waals surface area contributed by atoms with Crippen LogP contribution in [-0.4, -0.2) is 26.6 Å². The van der Waals surface area contributed by atoms with Crippen molar-refractivity contribution < 1.29 is 22.7 Å². The highest BCUT2D eigenvalue weighted by atomic mass is 32.2. The fourth-order valence-electron chi connectivity index (χ4n) is 3.55. The molecule has 0 heterocycles. The lowest BCUT2D eigenvalue weighted by Gasteiger charge is -2.28. The number of aryl methyl sites for hydroxylation is 1. The SMILES string of the molecule is Cc1ccc(S(=O)(=O)NC2CCCc3c(OCC(=O)OC(C)(C)C)cccc32)cc1. The number of carbonyl (C=O) groups excluding carboxylic acids is 1. The third-order valence-electron chi connectivity index (χ3n) is 4.86. The molecule has 3 rings (SSSR count). The highest BCUT2D eigenvalue weighted by molar-refractivity contribution is 7.89. The summed E-state index contributed by atoms with van der Waals surface area (Å²) < 4.78 is 39.6. The van der Waals surface area contributed by atoms with E-state index in [4.69, 9.17) is 9.47 Å². The molecule has 2 aromatic rings. The third kappa shape index (κ3) is 5.61. The molecule has 1 aliphatic rings. The average Bonchev–Trinajstić information content (AvgIpc) is 2.65. The second-order valence-corrected chi connectivity index (χ2v) is 10.3. The molecule has 1 N–H and O–H groups in total. The van der Waals surface area contributed by atoms with Gasteiger partial charge in [-0.2, -0.15) is 0 Å². The van der Waals surface area contributed by atoms with E-state index in [1.54, 1.807) is 51.1 Å². The van der Waals surface area contributed by atoms with Crippen molar-refractivity contribution in [3.05, 3.63) is 59.2 Å². The Morgan fingerprint density at radius 1 is 1.13 bits per heavy atom. The number of hydrogen-bond acceptors (Lipinski definition) is 5. The predicted octanol–water partition coefficient (Wildman–Crippen LogP) is 4.07. The standard InChI is InChI=1S/C23H29NO5S/c1-16-11-13-17(14-12-16)30(26,27)24-20-9-5-8-19-18(20)7-6-10-21(19)28-15-22(25)29-23(2,3)4/h6-7,10-14,20,24H,5,8-9,15H2,1-4H3. The van der Waals surface area contributed by atoms with E-state index in [9.17, 15) is 13.2 Å². The van der Waals surface area contributed by atoms with E-state index in [0.29, 0.717) is 12.2 Å². The van der Waals surface area contributed by atoms with Gasteiger partial charge >= 0.3 is 5.97 Å². The molecule has 162 valence electrons. The summed E-state index contributed by atoms with van der Waals surface area (Å²) in [7, 11) is -3.64. The number of ether oxygens (including phenoxy) is 2. The Morgan fingerprint density at radius 2 is 1.83 bits per heavy atom. The van der Waals surface area contributed by atoms with Gasteiger partial charge in [-0.15, -0.1) is 0 Å². The van der Waals surface area contributed by atoms with Crippen LogP contribution in [0.15, 0.2) is 47.4 Å². The number of carbonyl (C=O) groups is 1. The first-order chi connectivity index (χ1) is 14.0. The number of esters is 1. The molecule has 0 amide bonds. The molecule has 0 spiro atoms. The maximum Gasteiger partial charge on any atom is 0.344 e. The Balaban J connectivity index is 1.77. The summed E-state index contributed by atoms with van der Waals surface area (Å²) in [6.45, 7) is 7.15. The van der Waals surface area contributed by atoms with Crippen LogP contribution in [0.25, 0.3) is 0 Å². The fourth-order valence-corrected chi connectivity index (χ4v) is 4.80. The molecule has 7 heteroatoms. The molecule has 0 aliphatic heterocycles. The zero-order chi connectivity index (χ0) is 21.9. The Bertz CT molecular complexity index is 1010. The molecule has 1 aliphatic carbocycles.